The van der Waals surface area contributed by atoms with Crippen LogP contribution >= 0.6 is 34.8 Å². The molecule has 0 aliphatic rings. The second-order valence-electron chi connectivity index (χ2n) is 3.26. The summed E-state index contributed by atoms with van der Waals surface area (Å²) in [5, 5.41) is -3.98. The minimum Gasteiger partial charge on any atom is -0.317 e. The van der Waals surface area contributed by atoms with Crippen LogP contribution in [0.5, 0.6) is 0 Å². The van der Waals surface area contributed by atoms with Crippen molar-refractivity contribution in [3.05, 3.63) is 27.7 Å². The Balaban J connectivity index is 3.16. The Kier molecular flexibility index (Phi) is 4.54. The number of halogens is 8. The first-order valence-corrected chi connectivity index (χ1v) is 5.50. The number of anilines is 1. The van der Waals surface area contributed by atoms with E-state index in [4.69, 9.17) is 23.2 Å². The van der Waals surface area contributed by atoms with Crippen LogP contribution < -0.4 is 5.32 Å². The summed E-state index contributed by atoms with van der Waals surface area (Å²) in [4.78, 5) is 10.9. The molecule has 2 nitrogen and oxygen atoms in total. The highest BCUT2D eigenvalue weighted by Gasteiger charge is 2.37. The predicted octanol–water partition coefficient (Wildman–Crippen LogP) is 4.78. The third kappa shape index (κ3) is 4.09. The number of alkyl halides is 6. The summed E-state index contributed by atoms with van der Waals surface area (Å²) in [6, 6.07) is 0.880. The first kappa shape index (κ1) is 16.3. The molecule has 0 unspecified atom stereocenters. The zero-order chi connectivity index (χ0) is 15.0. The largest absolute Gasteiger partial charge is 0.416 e. The Morgan fingerprint density at radius 2 is 1.47 bits per heavy atom. The fourth-order valence-corrected chi connectivity index (χ4v) is 1.67. The van der Waals surface area contributed by atoms with E-state index in [0.717, 1.165) is 0 Å². The van der Waals surface area contributed by atoms with Crippen molar-refractivity contribution in [2.45, 2.75) is 11.6 Å². The molecule has 0 aliphatic heterocycles. The Labute approximate surface area is 118 Å². The molecule has 106 valence electrons. The van der Waals surface area contributed by atoms with Crippen LogP contribution in [-0.2, 0) is 11.0 Å². The molecule has 0 atom stereocenters. The number of amides is 1. The van der Waals surface area contributed by atoms with Crippen molar-refractivity contribution < 1.29 is 26.7 Å². The van der Waals surface area contributed by atoms with Crippen molar-refractivity contribution in [3.8, 4) is 0 Å². The first-order chi connectivity index (χ1) is 8.43. The van der Waals surface area contributed by atoms with Crippen molar-refractivity contribution >= 4 is 46.4 Å². The maximum atomic E-state index is 12.4. The van der Waals surface area contributed by atoms with E-state index >= 15 is 0 Å². The fourth-order valence-electron chi connectivity index (χ4n) is 1.04. The molecular weight excluding hydrogens is 339 g/mol. The fraction of sp³-hybridized carbons (Fsp3) is 0.222. The third-order valence-corrected chi connectivity index (χ3v) is 2.63. The molecule has 0 aliphatic carbocycles. The lowest BCUT2D eigenvalue weighted by molar-refractivity contribution is -0.137. The van der Waals surface area contributed by atoms with Gasteiger partial charge in [0.25, 0.3) is 0 Å². The van der Waals surface area contributed by atoms with Crippen LogP contribution in [0.25, 0.3) is 0 Å². The van der Waals surface area contributed by atoms with E-state index in [2.05, 4.69) is 11.6 Å². The number of benzene rings is 1. The van der Waals surface area contributed by atoms with Crippen molar-refractivity contribution in [3.63, 3.8) is 0 Å². The van der Waals surface area contributed by atoms with E-state index in [9.17, 15) is 26.7 Å². The summed E-state index contributed by atoms with van der Waals surface area (Å²) in [7, 11) is 0. The molecule has 0 radical (unpaired) electrons. The van der Waals surface area contributed by atoms with Crippen LogP contribution in [0.4, 0.5) is 27.6 Å². The maximum absolute atomic E-state index is 12.4. The standard InChI is InChI=1S/C9H3Cl3F5NO/c10-4-1-3(9(15,16)17)2-5(11)6(4)18-7(19)8(12,13)14/h1-2H,(H,18,19). The van der Waals surface area contributed by atoms with Gasteiger partial charge in [-0.2, -0.15) is 22.0 Å². The summed E-state index contributed by atoms with van der Waals surface area (Å²) in [5.74, 6) is -1.96. The summed E-state index contributed by atoms with van der Waals surface area (Å²) >= 11 is 15.3. The molecule has 0 aromatic heterocycles. The number of carbonyl (C=O) groups is 1. The molecular formula is C9H3Cl3F5NO. The topological polar surface area (TPSA) is 29.1 Å². The van der Waals surface area contributed by atoms with Gasteiger partial charge in [0.05, 0.1) is 21.3 Å². The summed E-state index contributed by atoms with van der Waals surface area (Å²) in [6.07, 6.45) is -4.72. The van der Waals surface area contributed by atoms with Crippen molar-refractivity contribution in [1.82, 2.24) is 0 Å². The third-order valence-electron chi connectivity index (χ3n) is 1.87. The van der Waals surface area contributed by atoms with Gasteiger partial charge in [0.15, 0.2) is 0 Å². The number of rotatable bonds is 2. The minimum atomic E-state index is -4.72. The monoisotopic (exact) mass is 341 g/mol. The lowest BCUT2D eigenvalue weighted by Gasteiger charge is -2.14. The number of hydrogen-bond acceptors (Lipinski definition) is 1. The van der Waals surface area contributed by atoms with Crippen LogP contribution in [0, 0.1) is 0 Å². The van der Waals surface area contributed by atoms with Crippen LogP contribution in [0.15, 0.2) is 12.1 Å². The molecule has 1 aromatic rings. The highest BCUT2D eigenvalue weighted by Crippen LogP contribution is 2.39. The maximum Gasteiger partial charge on any atom is 0.416 e. The lowest BCUT2D eigenvalue weighted by atomic mass is 10.2. The van der Waals surface area contributed by atoms with E-state index in [1.165, 1.54) is 0 Å². The number of hydrogen-bond donors (Lipinski definition) is 1. The van der Waals surface area contributed by atoms with Gasteiger partial charge in [0.2, 0.25) is 0 Å². The summed E-state index contributed by atoms with van der Waals surface area (Å²) in [5.41, 5.74) is -1.76. The van der Waals surface area contributed by atoms with Crippen molar-refractivity contribution in [2.75, 3.05) is 5.32 Å². The molecule has 0 saturated heterocycles. The molecule has 1 aromatic carbocycles. The average Bonchev–Trinajstić information content (AvgIpc) is 2.19. The molecule has 0 fully saturated rings. The smallest absolute Gasteiger partial charge is 0.317 e. The van der Waals surface area contributed by atoms with Gasteiger partial charge >= 0.3 is 17.5 Å². The molecule has 0 bridgehead atoms. The van der Waals surface area contributed by atoms with Crippen LogP contribution in [0.1, 0.15) is 5.56 Å². The Morgan fingerprint density at radius 1 is 1.05 bits per heavy atom. The van der Waals surface area contributed by atoms with Gasteiger partial charge in [-0.1, -0.05) is 23.2 Å². The minimum absolute atomic E-state index is 0.440. The molecule has 19 heavy (non-hydrogen) atoms. The zero-order valence-electron chi connectivity index (χ0n) is 8.59. The van der Waals surface area contributed by atoms with Gasteiger partial charge in [-0.25, -0.2) is 0 Å². The summed E-state index contributed by atoms with van der Waals surface area (Å²) < 4.78 is 62.0. The molecule has 0 spiro atoms. The Hall–Kier alpha value is -0.790. The average molecular weight is 342 g/mol. The molecule has 0 saturated carbocycles. The molecule has 1 N–H and O–H groups in total. The molecule has 1 amide bonds. The van der Waals surface area contributed by atoms with E-state index in [-0.39, 0.29) is 0 Å². The Morgan fingerprint density at radius 3 is 1.79 bits per heavy atom. The molecule has 10 heteroatoms. The van der Waals surface area contributed by atoms with Crippen LogP contribution in [0.2, 0.25) is 10.0 Å². The van der Waals surface area contributed by atoms with E-state index < -0.39 is 38.8 Å². The van der Waals surface area contributed by atoms with Gasteiger partial charge in [-0.3, -0.25) is 4.79 Å². The van der Waals surface area contributed by atoms with E-state index in [0.29, 0.717) is 12.1 Å². The van der Waals surface area contributed by atoms with E-state index in [1.54, 1.807) is 5.32 Å². The van der Waals surface area contributed by atoms with Gasteiger partial charge < -0.3 is 5.32 Å². The molecule has 1 rings (SSSR count). The van der Waals surface area contributed by atoms with Crippen molar-refractivity contribution in [2.24, 2.45) is 0 Å². The van der Waals surface area contributed by atoms with E-state index in [1.807, 2.05) is 0 Å². The van der Waals surface area contributed by atoms with Gasteiger partial charge in [0.1, 0.15) is 0 Å². The normalized spacial score (nSPS) is 12.4. The second kappa shape index (κ2) is 5.30. The quantitative estimate of drug-likeness (QED) is 0.608. The number of nitrogens with one attached hydrogen (secondary N) is 1. The van der Waals surface area contributed by atoms with Crippen LogP contribution in [0.3, 0.4) is 0 Å². The first-order valence-electron chi connectivity index (χ1n) is 4.37. The van der Waals surface area contributed by atoms with Crippen molar-refractivity contribution in [1.29, 1.82) is 0 Å². The Bertz CT molecular complexity index is 489. The lowest BCUT2D eigenvalue weighted by Crippen LogP contribution is -2.29. The summed E-state index contributed by atoms with van der Waals surface area (Å²) in [6.45, 7) is 0. The SMILES string of the molecule is O=C(Nc1c(Cl)cc(C(F)(F)F)cc1Cl)C(F)(F)Cl. The second-order valence-corrected chi connectivity index (χ2v) is 4.55. The van der Waals surface area contributed by atoms with Gasteiger partial charge in [-0.05, 0) is 23.7 Å². The van der Waals surface area contributed by atoms with Gasteiger partial charge in [0, 0.05) is 0 Å². The highest BCUT2D eigenvalue weighted by atomic mass is 35.5. The zero-order valence-corrected chi connectivity index (χ0v) is 10.9. The number of carbonyl (C=O) groups excluding carboxylic acids is 1. The highest BCUT2D eigenvalue weighted by molar-refractivity contribution is 6.41. The van der Waals surface area contributed by atoms with Gasteiger partial charge in [-0.15, -0.1) is 0 Å². The van der Waals surface area contributed by atoms with Crippen LogP contribution in [-0.4, -0.2) is 11.3 Å². The molecule has 0 heterocycles. The predicted molar refractivity (Wildman–Crippen MR) is 60.9 cm³/mol.